The van der Waals surface area contributed by atoms with E-state index < -0.39 is 0 Å². The Morgan fingerprint density at radius 1 is 1.11 bits per heavy atom. The van der Waals surface area contributed by atoms with Crippen molar-refractivity contribution in [3.8, 4) is 11.5 Å². The second-order valence-electron chi connectivity index (χ2n) is 8.64. The van der Waals surface area contributed by atoms with Gasteiger partial charge in [-0.3, -0.25) is 14.8 Å². The minimum atomic E-state index is -0.324. The Balaban J connectivity index is 1.26. The van der Waals surface area contributed by atoms with Gasteiger partial charge in [0.25, 0.3) is 0 Å². The Kier molecular flexibility index (Phi) is 7.84. The number of aromatic nitrogens is 4. The van der Waals surface area contributed by atoms with E-state index in [9.17, 15) is 9.70 Å². The van der Waals surface area contributed by atoms with Gasteiger partial charge in [0.2, 0.25) is 5.91 Å². The van der Waals surface area contributed by atoms with E-state index in [0.29, 0.717) is 54.0 Å². The Morgan fingerprint density at radius 2 is 1.97 bits per heavy atom. The monoisotopic (exact) mass is 533 g/mol. The number of benzene rings is 2. The van der Waals surface area contributed by atoms with Crippen LogP contribution in [-0.2, 0) is 11.4 Å². The summed E-state index contributed by atoms with van der Waals surface area (Å²) in [7, 11) is 0. The molecule has 3 heterocycles. The molecule has 0 aliphatic carbocycles. The van der Waals surface area contributed by atoms with Crippen molar-refractivity contribution in [1.29, 1.82) is 0 Å². The third-order valence-corrected chi connectivity index (χ3v) is 6.39. The number of rotatable bonds is 9. The third-order valence-electron chi connectivity index (χ3n) is 6.09. The predicted molar refractivity (Wildman–Crippen MR) is 142 cm³/mol. The van der Waals surface area contributed by atoms with Crippen molar-refractivity contribution in [1.82, 2.24) is 24.8 Å². The van der Waals surface area contributed by atoms with Crippen molar-refractivity contribution in [3.05, 3.63) is 76.9 Å². The van der Waals surface area contributed by atoms with Gasteiger partial charge in [-0.1, -0.05) is 16.8 Å². The summed E-state index contributed by atoms with van der Waals surface area (Å²) in [4.78, 5) is 40.9. The molecule has 1 N–H and O–H groups in total. The van der Waals surface area contributed by atoms with E-state index in [-0.39, 0.29) is 25.2 Å². The highest BCUT2D eigenvalue weighted by atomic mass is 35.5. The molecular formula is C26H24ClN7O4. The molecule has 1 saturated heterocycles. The third kappa shape index (κ3) is 6.12. The number of halogens is 1. The summed E-state index contributed by atoms with van der Waals surface area (Å²) in [5, 5.41) is 7.21. The lowest BCUT2D eigenvalue weighted by molar-refractivity contribution is -0.131. The number of piperidine rings is 1. The van der Waals surface area contributed by atoms with Crippen LogP contribution in [0.15, 0.2) is 66.5 Å². The first-order chi connectivity index (χ1) is 18.6. The van der Waals surface area contributed by atoms with Crippen LogP contribution in [0.5, 0.6) is 11.5 Å². The second-order valence-corrected chi connectivity index (χ2v) is 9.05. The number of hydrogen-bond donors (Lipinski definition) is 1. The van der Waals surface area contributed by atoms with Crippen molar-refractivity contribution in [3.63, 3.8) is 0 Å². The summed E-state index contributed by atoms with van der Waals surface area (Å²) in [6, 6.07) is 11.0. The molecule has 1 amide bonds. The van der Waals surface area contributed by atoms with Gasteiger partial charge in [-0.05, 0) is 36.4 Å². The first-order valence-corrected chi connectivity index (χ1v) is 12.4. The number of likely N-dealkylation sites (tertiary alicyclic amines) is 1. The summed E-state index contributed by atoms with van der Waals surface area (Å²) in [5.41, 5.74) is 2.19. The quantitative estimate of drug-likeness (QED) is 0.308. The maximum Gasteiger partial charge on any atom is 0.247 e. The molecule has 1 fully saturated rings. The number of nitroso groups, excluding NO2 is 1. The van der Waals surface area contributed by atoms with E-state index in [1.807, 2.05) is 24.3 Å². The highest BCUT2D eigenvalue weighted by Gasteiger charge is 2.24. The molecule has 1 aliphatic heterocycles. The Bertz CT molecular complexity index is 1430. The van der Waals surface area contributed by atoms with Crippen molar-refractivity contribution in [2.45, 2.75) is 25.6 Å². The van der Waals surface area contributed by atoms with Crippen molar-refractivity contribution >= 4 is 39.9 Å². The zero-order chi connectivity index (χ0) is 26.3. The van der Waals surface area contributed by atoms with Crippen molar-refractivity contribution in [2.75, 3.05) is 25.0 Å². The predicted octanol–water partition coefficient (Wildman–Crippen LogP) is 4.53. The molecule has 2 aromatic heterocycles. The summed E-state index contributed by atoms with van der Waals surface area (Å²) in [6.07, 6.45) is 7.63. The average Bonchev–Trinajstić information content (AvgIpc) is 2.94. The highest BCUT2D eigenvalue weighted by Crippen LogP contribution is 2.32. The lowest BCUT2D eigenvalue weighted by Gasteiger charge is -2.31. The van der Waals surface area contributed by atoms with Crippen LogP contribution in [0, 0.1) is 4.91 Å². The Labute approximate surface area is 223 Å². The number of carbonyl (C=O) groups is 1. The molecule has 194 valence electrons. The van der Waals surface area contributed by atoms with Gasteiger partial charge in [-0.25, -0.2) is 9.97 Å². The van der Waals surface area contributed by atoms with Gasteiger partial charge >= 0.3 is 0 Å². The fourth-order valence-electron chi connectivity index (χ4n) is 4.17. The number of nitrogens with zero attached hydrogens (tertiary/aromatic N) is 6. The molecule has 0 saturated carbocycles. The average molecular weight is 534 g/mol. The number of fused-ring (bicyclic) bond motifs is 1. The fourth-order valence-corrected chi connectivity index (χ4v) is 4.40. The van der Waals surface area contributed by atoms with E-state index >= 15 is 0 Å². The summed E-state index contributed by atoms with van der Waals surface area (Å²) >= 11 is 6.46. The van der Waals surface area contributed by atoms with E-state index in [1.54, 1.807) is 35.6 Å². The molecule has 11 nitrogen and oxygen atoms in total. The number of anilines is 2. The van der Waals surface area contributed by atoms with E-state index in [0.717, 1.165) is 16.6 Å². The minimum absolute atomic E-state index is 0.0463. The van der Waals surface area contributed by atoms with Crippen LogP contribution in [0.25, 0.3) is 10.9 Å². The Hall–Kier alpha value is -4.38. The molecule has 1 aliphatic rings. The number of ether oxygens (including phenoxy) is 2. The minimum Gasteiger partial charge on any atom is -0.490 e. The lowest BCUT2D eigenvalue weighted by atomic mass is 10.1. The zero-order valence-corrected chi connectivity index (χ0v) is 21.0. The molecule has 0 radical (unpaired) electrons. The number of carbonyl (C=O) groups excluding carboxylic acids is 1. The van der Waals surface area contributed by atoms with Crippen LogP contribution in [0.3, 0.4) is 0 Å². The molecule has 5 rings (SSSR count). The first-order valence-electron chi connectivity index (χ1n) is 12.0. The van der Waals surface area contributed by atoms with E-state index in [1.165, 1.54) is 6.33 Å². The van der Waals surface area contributed by atoms with Gasteiger partial charge in [0, 0.05) is 49.4 Å². The second kappa shape index (κ2) is 11.8. The van der Waals surface area contributed by atoms with Crippen LogP contribution in [0.1, 0.15) is 18.5 Å². The number of nitrogens with one attached hydrogen (secondary N) is 1. The number of hydrogen-bond acceptors (Lipinski definition) is 10. The van der Waals surface area contributed by atoms with Gasteiger partial charge in [0.05, 0.1) is 22.4 Å². The summed E-state index contributed by atoms with van der Waals surface area (Å²) < 4.78 is 12.0. The maximum atomic E-state index is 11.9. The maximum absolute atomic E-state index is 11.9. The van der Waals surface area contributed by atoms with Crippen molar-refractivity contribution in [2.24, 2.45) is 5.18 Å². The smallest absolute Gasteiger partial charge is 0.247 e. The van der Waals surface area contributed by atoms with Gasteiger partial charge < -0.3 is 19.7 Å². The summed E-state index contributed by atoms with van der Waals surface area (Å²) in [6.45, 7) is 0.990. The SMILES string of the molecule is O=NCC(=O)N1CCC(Oc2ccc3ncnc(Nc4ccc(OCc5cnccn5)c(Cl)c4)c3c2)CC1. The van der Waals surface area contributed by atoms with Crippen LogP contribution in [-0.4, -0.2) is 56.5 Å². The highest BCUT2D eigenvalue weighted by molar-refractivity contribution is 6.32. The van der Waals surface area contributed by atoms with Crippen LogP contribution < -0.4 is 14.8 Å². The fraction of sp³-hybridized carbons (Fsp3) is 0.269. The zero-order valence-electron chi connectivity index (χ0n) is 20.3. The van der Waals surface area contributed by atoms with E-state index in [2.05, 4.69) is 30.4 Å². The topological polar surface area (TPSA) is 132 Å². The first kappa shape index (κ1) is 25.3. The molecular weight excluding hydrogens is 510 g/mol. The van der Waals surface area contributed by atoms with Gasteiger partial charge in [0.15, 0.2) is 6.54 Å². The van der Waals surface area contributed by atoms with Crippen LogP contribution in [0.2, 0.25) is 5.02 Å². The standard InChI is InChI=1S/C26H24ClN7O4/c27-22-11-17(1-4-24(22)37-15-18-13-28-7-8-29-18)33-26-21-12-20(2-3-23(21)30-16-31-26)38-19-5-9-34(10-6-19)25(35)14-32-36/h1-4,7-8,11-13,16,19H,5-6,9-10,14-15H2,(H,30,31,33). The van der Waals surface area contributed by atoms with E-state index in [4.69, 9.17) is 21.1 Å². The molecule has 12 heteroatoms. The molecule has 0 atom stereocenters. The van der Waals surface area contributed by atoms with Crippen LogP contribution >= 0.6 is 11.6 Å². The van der Waals surface area contributed by atoms with Gasteiger partial charge in [-0.15, -0.1) is 0 Å². The van der Waals surface area contributed by atoms with Crippen LogP contribution in [0.4, 0.5) is 11.5 Å². The van der Waals surface area contributed by atoms with Gasteiger partial charge in [-0.2, -0.15) is 4.91 Å². The molecule has 38 heavy (non-hydrogen) atoms. The molecule has 2 aromatic carbocycles. The normalized spacial score (nSPS) is 13.8. The summed E-state index contributed by atoms with van der Waals surface area (Å²) in [5.74, 6) is 1.57. The Morgan fingerprint density at radius 3 is 2.74 bits per heavy atom. The number of amides is 1. The molecule has 0 bridgehead atoms. The molecule has 4 aromatic rings. The molecule has 0 unspecified atom stereocenters. The van der Waals surface area contributed by atoms with Gasteiger partial charge in [0.1, 0.15) is 36.4 Å². The van der Waals surface area contributed by atoms with Crippen molar-refractivity contribution < 1.29 is 14.3 Å². The lowest BCUT2D eigenvalue weighted by Crippen LogP contribution is -2.42. The molecule has 0 spiro atoms. The largest absolute Gasteiger partial charge is 0.490 e.